The summed E-state index contributed by atoms with van der Waals surface area (Å²) in [6.07, 6.45) is 0. The van der Waals surface area contributed by atoms with E-state index in [1.165, 1.54) is 6.92 Å². The molecule has 4 rings (SSSR count). The maximum atomic E-state index is 12.3. The van der Waals surface area contributed by atoms with Crippen LogP contribution in [0.2, 0.25) is 15.1 Å². The summed E-state index contributed by atoms with van der Waals surface area (Å²) in [5, 5.41) is 15.1. The lowest BCUT2D eigenvalue weighted by Crippen LogP contribution is -2.10. The number of benzene rings is 3. The van der Waals surface area contributed by atoms with Crippen LogP contribution in [0.3, 0.4) is 0 Å². The number of para-hydroxylation sites is 1. The fraction of sp³-hybridized carbons (Fsp3) is 0.0435. The maximum Gasteiger partial charge on any atom is 0.202 e. The number of hydrogen-bond donors (Lipinski definition) is 1. The Morgan fingerprint density at radius 2 is 1.70 bits per heavy atom. The largest absolute Gasteiger partial charge is 0.292 e. The van der Waals surface area contributed by atoms with Crippen molar-refractivity contribution >= 4 is 63.1 Å². The molecule has 0 amide bonds. The van der Waals surface area contributed by atoms with Crippen LogP contribution in [-0.2, 0) is 4.79 Å². The molecule has 6 nitrogen and oxygen atoms in total. The van der Waals surface area contributed by atoms with E-state index in [-0.39, 0.29) is 10.8 Å². The van der Waals surface area contributed by atoms with Crippen LogP contribution in [0.15, 0.2) is 83.1 Å². The van der Waals surface area contributed by atoms with Crippen molar-refractivity contribution in [3.8, 4) is 17.1 Å². The minimum Gasteiger partial charge on any atom is -0.292 e. The molecule has 0 atom stereocenters. The van der Waals surface area contributed by atoms with E-state index in [1.54, 1.807) is 42.5 Å². The summed E-state index contributed by atoms with van der Waals surface area (Å²) in [5.41, 5.74) is 4.98. The van der Waals surface area contributed by atoms with E-state index in [4.69, 9.17) is 34.8 Å². The lowest BCUT2D eigenvalue weighted by molar-refractivity contribution is -0.110. The smallest absolute Gasteiger partial charge is 0.202 e. The van der Waals surface area contributed by atoms with E-state index in [0.29, 0.717) is 37.3 Å². The molecule has 166 valence electrons. The molecule has 0 saturated heterocycles. The first-order valence-corrected chi connectivity index (χ1v) is 11.6. The van der Waals surface area contributed by atoms with Crippen molar-refractivity contribution in [1.82, 2.24) is 14.8 Å². The molecule has 0 bridgehead atoms. The molecule has 0 aliphatic heterocycles. The predicted molar refractivity (Wildman–Crippen MR) is 136 cm³/mol. The third kappa shape index (κ3) is 5.57. The standard InChI is InChI=1S/C23H16Cl3N5OS/c1-14(32)22(29-27-17-7-5-6-15(24)12-17)33-23-30-28-21(19-11-10-16(25)13-20(19)26)31(23)18-8-3-2-4-9-18/h2-13,27H,1H3. The van der Waals surface area contributed by atoms with Crippen molar-refractivity contribution < 1.29 is 4.79 Å². The first-order chi connectivity index (χ1) is 15.9. The SMILES string of the molecule is CC(=O)C(=NNc1cccc(Cl)c1)Sc1nnc(-c2ccc(Cl)cc2Cl)n1-c1ccccc1. The number of rotatable bonds is 6. The van der Waals surface area contributed by atoms with Gasteiger partial charge in [0.15, 0.2) is 16.7 Å². The molecular weight excluding hydrogens is 501 g/mol. The molecule has 0 aliphatic carbocycles. The van der Waals surface area contributed by atoms with Gasteiger partial charge in [0, 0.05) is 28.2 Å². The number of nitrogens with zero attached hydrogens (tertiary/aromatic N) is 4. The van der Waals surface area contributed by atoms with Gasteiger partial charge in [-0.15, -0.1) is 10.2 Å². The summed E-state index contributed by atoms with van der Waals surface area (Å²) in [6, 6.07) is 21.7. The second kappa shape index (κ2) is 10.4. The Hall–Kier alpha value is -2.84. The van der Waals surface area contributed by atoms with E-state index in [9.17, 15) is 4.79 Å². The van der Waals surface area contributed by atoms with Crippen LogP contribution in [0.5, 0.6) is 0 Å². The van der Waals surface area contributed by atoms with Crippen LogP contribution in [0.1, 0.15) is 6.92 Å². The van der Waals surface area contributed by atoms with Gasteiger partial charge in [0.05, 0.1) is 10.7 Å². The van der Waals surface area contributed by atoms with Crippen molar-refractivity contribution in [1.29, 1.82) is 0 Å². The van der Waals surface area contributed by atoms with Gasteiger partial charge in [0.1, 0.15) is 0 Å². The summed E-state index contributed by atoms with van der Waals surface area (Å²) < 4.78 is 1.82. The van der Waals surface area contributed by atoms with Crippen LogP contribution < -0.4 is 5.43 Å². The highest BCUT2D eigenvalue weighted by atomic mass is 35.5. The highest BCUT2D eigenvalue weighted by molar-refractivity contribution is 8.15. The van der Waals surface area contributed by atoms with Crippen LogP contribution in [0, 0.1) is 0 Å². The molecule has 1 N–H and O–H groups in total. The molecule has 0 unspecified atom stereocenters. The Bertz CT molecular complexity index is 1340. The van der Waals surface area contributed by atoms with Crippen molar-refractivity contribution in [2.24, 2.45) is 5.10 Å². The van der Waals surface area contributed by atoms with Gasteiger partial charge in [-0.3, -0.25) is 14.8 Å². The van der Waals surface area contributed by atoms with Gasteiger partial charge in [-0.1, -0.05) is 59.1 Å². The molecule has 0 saturated carbocycles. The highest BCUT2D eigenvalue weighted by Gasteiger charge is 2.21. The summed E-state index contributed by atoms with van der Waals surface area (Å²) in [7, 11) is 0. The molecule has 3 aromatic carbocycles. The maximum absolute atomic E-state index is 12.3. The van der Waals surface area contributed by atoms with Gasteiger partial charge in [-0.2, -0.15) is 5.10 Å². The number of hydrazone groups is 1. The second-order valence-electron chi connectivity index (χ2n) is 6.80. The predicted octanol–water partition coefficient (Wildman–Crippen LogP) is 7.00. The summed E-state index contributed by atoms with van der Waals surface area (Å²) in [6.45, 7) is 1.44. The Labute approximate surface area is 209 Å². The van der Waals surface area contributed by atoms with Gasteiger partial charge >= 0.3 is 0 Å². The van der Waals surface area contributed by atoms with Gasteiger partial charge in [0.2, 0.25) is 5.16 Å². The van der Waals surface area contributed by atoms with E-state index >= 15 is 0 Å². The Kier molecular flexibility index (Phi) is 7.35. The first kappa shape index (κ1) is 23.3. The van der Waals surface area contributed by atoms with E-state index in [2.05, 4.69) is 20.7 Å². The summed E-state index contributed by atoms with van der Waals surface area (Å²) >= 11 is 19.6. The number of nitrogens with one attached hydrogen (secondary N) is 1. The molecule has 1 aromatic heterocycles. The number of ketones is 1. The van der Waals surface area contributed by atoms with Gasteiger partial charge < -0.3 is 0 Å². The van der Waals surface area contributed by atoms with Crippen molar-refractivity contribution in [3.05, 3.63) is 87.9 Å². The zero-order chi connectivity index (χ0) is 23.4. The third-order valence-electron chi connectivity index (χ3n) is 4.42. The molecule has 0 spiro atoms. The number of thioether (sulfide) groups is 1. The van der Waals surface area contributed by atoms with E-state index in [1.807, 2.05) is 34.9 Å². The highest BCUT2D eigenvalue weighted by Crippen LogP contribution is 2.34. The van der Waals surface area contributed by atoms with Crippen molar-refractivity contribution in [2.75, 3.05) is 5.43 Å². The summed E-state index contributed by atoms with van der Waals surface area (Å²) in [5.74, 6) is 0.277. The van der Waals surface area contributed by atoms with Crippen LogP contribution in [0.4, 0.5) is 5.69 Å². The number of hydrogen-bond acceptors (Lipinski definition) is 6. The van der Waals surface area contributed by atoms with Gasteiger partial charge in [-0.25, -0.2) is 0 Å². The van der Waals surface area contributed by atoms with Gasteiger partial charge in [0.25, 0.3) is 0 Å². The second-order valence-corrected chi connectivity index (χ2v) is 9.03. The molecule has 10 heteroatoms. The number of anilines is 1. The zero-order valence-electron chi connectivity index (χ0n) is 17.2. The quantitative estimate of drug-likeness (QED) is 0.129. The normalized spacial score (nSPS) is 11.5. The molecule has 1 heterocycles. The van der Waals surface area contributed by atoms with Gasteiger partial charge in [-0.05, 0) is 60.3 Å². The zero-order valence-corrected chi connectivity index (χ0v) is 20.3. The Morgan fingerprint density at radius 1 is 0.939 bits per heavy atom. The Morgan fingerprint density at radius 3 is 2.39 bits per heavy atom. The average molecular weight is 517 g/mol. The number of carbonyl (C=O) groups is 1. The fourth-order valence-electron chi connectivity index (χ4n) is 2.92. The molecule has 0 fully saturated rings. The van der Waals surface area contributed by atoms with Crippen LogP contribution in [0.25, 0.3) is 17.1 Å². The first-order valence-electron chi connectivity index (χ1n) is 9.66. The minimum absolute atomic E-state index is 0.202. The number of Topliss-reactive ketones (excluding diaryl/α,β-unsaturated/α-hetero) is 1. The molecule has 0 aliphatic rings. The number of halogens is 3. The number of carbonyl (C=O) groups excluding carboxylic acids is 1. The number of aromatic nitrogens is 3. The van der Waals surface area contributed by atoms with Crippen molar-refractivity contribution in [3.63, 3.8) is 0 Å². The third-order valence-corrected chi connectivity index (χ3v) is 6.22. The van der Waals surface area contributed by atoms with E-state index < -0.39 is 0 Å². The lowest BCUT2D eigenvalue weighted by atomic mass is 10.2. The monoisotopic (exact) mass is 515 g/mol. The molecular formula is C23H16Cl3N5OS. The lowest BCUT2D eigenvalue weighted by Gasteiger charge is -2.11. The Balaban J connectivity index is 1.75. The molecule has 0 radical (unpaired) electrons. The molecule has 4 aromatic rings. The topological polar surface area (TPSA) is 72.2 Å². The average Bonchev–Trinajstić information content (AvgIpc) is 3.20. The summed E-state index contributed by atoms with van der Waals surface area (Å²) in [4.78, 5) is 12.3. The van der Waals surface area contributed by atoms with Crippen LogP contribution in [-0.4, -0.2) is 25.6 Å². The van der Waals surface area contributed by atoms with E-state index in [0.717, 1.165) is 17.4 Å². The minimum atomic E-state index is -0.233. The fourth-order valence-corrected chi connectivity index (χ4v) is 4.38. The molecule has 33 heavy (non-hydrogen) atoms. The van der Waals surface area contributed by atoms with Crippen LogP contribution >= 0.6 is 46.6 Å². The van der Waals surface area contributed by atoms with Crippen molar-refractivity contribution in [2.45, 2.75) is 12.1 Å².